The molecule has 6 saturated heterocycles. The van der Waals surface area contributed by atoms with Crippen molar-refractivity contribution in [1.82, 2.24) is 71.5 Å². The second-order valence-corrected chi connectivity index (χ2v) is 42.5. The lowest BCUT2D eigenvalue weighted by Crippen LogP contribution is -2.50. The molecule has 0 spiro atoms. The number of nitrogens with zero attached hydrogens (tertiary/aromatic N) is 7. The number of aryl methyl sites for hydroxylation is 6. The zero-order valence-electron chi connectivity index (χ0n) is 86.7. The van der Waals surface area contributed by atoms with E-state index < -0.39 is 11.7 Å². The lowest BCUT2D eigenvalue weighted by molar-refractivity contribution is 0.0527. The fraction of sp³-hybridized carbons (Fsp3) is 0.619. The van der Waals surface area contributed by atoms with E-state index in [9.17, 15) is 33.6 Å². The maximum atomic E-state index is 12.7. The number of piperidine rings is 6. The van der Waals surface area contributed by atoms with E-state index in [1.165, 1.54) is 33.4 Å². The summed E-state index contributed by atoms with van der Waals surface area (Å²) in [6.07, 6.45) is 31.1. The lowest BCUT2D eigenvalue weighted by Gasteiger charge is -2.41. The van der Waals surface area contributed by atoms with Gasteiger partial charge in [-0.1, -0.05) is 195 Å². The Hall–Kier alpha value is -10.1. The van der Waals surface area contributed by atoms with Crippen molar-refractivity contribution in [2.75, 3.05) is 184 Å². The van der Waals surface area contributed by atoms with Crippen LogP contribution < -0.4 is 71.6 Å². The SMILES string of the molecule is CC(C)(C)OC(=O)NCCCNC(=O)N1CCC(CN)(CCc2ccccc2)CC1.CN(C)CCCNC(=O)N1CCC(CN)(CCc2ccccc2)CC1.NCC1(CCc2ccccc2)CCN(C(=O)NCCCCCCNC(=O)N2CCC(CN)(CCc3ccccc3)CC2)CC1.NCC1(CCc2ccccc2)CCN(C(=O)NCCCCNC(=O)N2CCC(CN)(CCc3ccccc3)CC2)CC1. The van der Waals surface area contributed by atoms with Crippen molar-refractivity contribution in [2.45, 2.75) is 232 Å². The average Bonchev–Trinajstić information content (AvgIpc) is 0.848. The van der Waals surface area contributed by atoms with Crippen LogP contribution in [0.2, 0.25) is 0 Å². The molecule has 28 nitrogen and oxygen atoms in total. The molecule has 0 bridgehead atoms. The van der Waals surface area contributed by atoms with Crippen molar-refractivity contribution in [3.05, 3.63) is 215 Å². The number of ether oxygens (including phenoxy) is 1. The highest BCUT2D eigenvalue weighted by molar-refractivity contribution is 5.77. The van der Waals surface area contributed by atoms with Gasteiger partial charge in [0, 0.05) is 124 Å². The van der Waals surface area contributed by atoms with E-state index in [0.29, 0.717) is 85.0 Å². The third-order valence-electron chi connectivity index (χ3n) is 31.2. The Kier molecular flexibility index (Phi) is 49.7. The topological polar surface area (TPSA) is 392 Å². The normalized spacial score (nSPS) is 17.3. The van der Waals surface area contributed by atoms with Gasteiger partial charge in [-0.25, -0.2) is 33.6 Å². The highest BCUT2D eigenvalue weighted by Crippen LogP contribution is 2.42. The van der Waals surface area contributed by atoms with Crippen molar-refractivity contribution in [3.63, 3.8) is 0 Å². The second-order valence-electron chi connectivity index (χ2n) is 42.5. The van der Waals surface area contributed by atoms with Crippen molar-refractivity contribution >= 4 is 42.3 Å². The van der Waals surface area contributed by atoms with E-state index in [1.54, 1.807) is 0 Å². The molecule has 6 fully saturated rings. The number of benzene rings is 6. The molecule has 12 rings (SSSR count). The van der Waals surface area contributed by atoms with Gasteiger partial charge in [0.15, 0.2) is 0 Å². The minimum atomic E-state index is -0.508. The van der Waals surface area contributed by atoms with Crippen molar-refractivity contribution in [3.8, 4) is 0 Å². The Labute approximate surface area is 845 Å². The van der Waals surface area contributed by atoms with Crippen LogP contribution in [0, 0.1) is 32.5 Å². The van der Waals surface area contributed by atoms with E-state index in [0.717, 1.165) is 291 Å². The van der Waals surface area contributed by atoms with Crippen LogP contribution in [0.1, 0.15) is 221 Å². The van der Waals surface area contributed by atoms with Crippen molar-refractivity contribution < 1.29 is 38.3 Å². The minimum absolute atomic E-state index is 0.0108. The minimum Gasteiger partial charge on any atom is -0.444 e. The van der Waals surface area contributed by atoms with Gasteiger partial charge in [0.2, 0.25) is 0 Å². The van der Waals surface area contributed by atoms with Crippen molar-refractivity contribution in [2.24, 2.45) is 66.9 Å². The summed E-state index contributed by atoms with van der Waals surface area (Å²) in [6.45, 7) is 24.0. The summed E-state index contributed by atoms with van der Waals surface area (Å²) in [5, 5.41) is 21.0. The smallest absolute Gasteiger partial charge is 0.407 e. The van der Waals surface area contributed by atoms with E-state index in [2.05, 4.69) is 206 Å². The molecule has 6 aliphatic heterocycles. The molecule has 6 aliphatic rings. The summed E-state index contributed by atoms with van der Waals surface area (Å²) in [5.74, 6) is 0. The first-order valence-electron chi connectivity index (χ1n) is 53.4. The molecule has 0 atom stereocenters. The Morgan fingerprint density at radius 2 is 0.433 bits per heavy atom. The van der Waals surface area contributed by atoms with E-state index >= 15 is 0 Å². The number of carbonyl (C=O) groups is 7. The summed E-state index contributed by atoms with van der Waals surface area (Å²) in [4.78, 5) is 101. The standard InChI is InChI=1S/C36H56N6O2.C34H52N6O2.C23H38N4O3.C20H34N4O/c37-29-35(17-15-31-11-5-3-6-12-31)19-25-41(26-20-35)33(43)39-23-9-1-2-10-24-40-34(44)42-27-21-36(30-38,22-28-42)18-16-32-13-7-4-8-14-32;35-27-33(15-13-29-9-3-1-4-10-29)17-23-39(24-18-33)31(41)37-21-7-8-22-38-32(42)40-25-19-34(28-36,20-26-40)16-14-30-11-5-2-6-12-30;1-22(2,3)30-21(29)26-15-7-14-25-20(28)27-16-12-23(18-24,13-17-27)11-10-19-8-5-4-6-9-19;1-23(2)14-6-13-22-19(25)24-15-11-20(17-21,12-16-24)10-9-18-7-4-3-5-8-18/h3-8,11-14H,1-2,9-10,15-30,37-38H2,(H,39,43)(H,40,44);1-6,9-12H,7-8,13-28,35-36H2,(H,37,41)(H,38,42);4-6,8-9H,7,10-18,24H2,1-3H3,(H,25,28)(H,26,29);3-5,7-8H,6,9-17,21H2,1-2H3,(H,22,25). The van der Waals surface area contributed by atoms with Crippen LogP contribution in [0.25, 0.3) is 0 Å². The Balaban J connectivity index is 0.000000215. The van der Waals surface area contributed by atoms with Gasteiger partial charge in [0.25, 0.3) is 0 Å². The monoisotopic (exact) mass is 1950 g/mol. The molecule has 0 unspecified atom stereocenters. The van der Waals surface area contributed by atoms with E-state index in [1.807, 2.05) is 82.5 Å². The quantitative estimate of drug-likeness (QED) is 0.0158. The van der Waals surface area contributed by atoms with Gasteiger partial charge in [0.05, 0.1) is 0 Å². The van der Waals surface area contributed by atoms with Gasteiger partial charge in [0.1, 0.15) is 5.60 Å². The number of likely N-dealkylation sites (tertiary alicyclic amines) is 6. The first-order valence-corrected chi connectivity index (χ1v) is 53.4. The molecule has 0 aliphatic carbocycles. The van der Waals surface area contributed by atoms with Crippen LogP contribution in [-0.4, -0.2) is 266 Å². The van der Waals surface area contributed by atoms with Crippen LogP contribution in [0.4, 0.5) is 33.6 Å². The molecule has 13 amide bonds. The van der Waals surface area contributed by atoms with Gasteiger partial charge in [-0.05, 0) is 339 Å². The molecular weight excluding hydrogens is 1770 g/mol. The Morgan fingerprint density at radius 1 is 0.262 bits per heavy atom. The zero-order chi connectivity index (χ0) is 101. The number of alkyl carbamates (subject to hydrolysis) is 1. The average molecular weight is 1950 g/mol. The maximum Gasteiger partial charge on any atom is 0.407 e. The molecule has 6 heterocycles. The zero-order valence-corrected chi connectivity index (χ0v) is 86.7. The van der Waals surface area contributed by atoms with E-state index in [-0.39, 0.29) is 68.7 Å². The molecule has 6 aromatic carbocycles. The molecular formula is C113H180N20O8. The lowest BCUT2D eigenvalue weighted by atomic mass is 9.74. The summed E-state index contributed by atoms with van der Waals surface area (Å²) in [7, 11) is 4.10. The highest BCUT2D eigenvalue weighted by atomic mass is 16.6. The van der Waals surface area contributed by atoms with Gasteiger partial charge in [-0.15, -0.1) is 0 Å². The number of carbonyl (C=O) groups excluding carboxylic acids is 7. The number of urea groups is 6. The number of unbranched alkanes of at least 4 members (excludes halogenated alkanes) is 4. The highest BCUT2D eigenvalue weighted by Gasteiger charge is 2.41. The summed E-state index contributed by atoms with van der Waals surface area (Å²) >= 11 is 0. The fourth-order valence-corrected chi connectivity index (χ4v) is 20.5. The molecule has 28 heteroatoms. The molecule has 19 N–H and O–H groups in total. The molecule has 0 radical (unpaired) electrons. The number of nitrogens with one attached hydrogen (secondary N) is 7. The van der Waals surface area contributed by atoms with Gasteiger partial charge < -0.3 is 111 Å². The van der Waals surface area contributed by atoms with Crippen LogP contribution in [0.3, 0.4) is 0 Å². The predicted octanol–water partition coefficient (Wildman–Crippen LogP) is 15.5. The summed E-state index contributed by atoms with van der Waals surface area (Å²) in [6, 6.07) is 63.5. The maximum absolute atomic E-state index is 12.7. The van der Waals surface area contributed by atoms with E-state index in [4.69, 9.17) is 39.1 Å². The first kappa shape index (κ1) is 115. The number of nitrogens with two attached hydrogens (primary N) is 6. The number of amides is 13. The van der Waals surface area contributed by atoms with Gasteiger partial charge >= 0.3 is 42.3 Å². The Morgan fingerprint density at radius 3 is 0.610 bits per heavy atom. The second kappa shape index (κ2) is 61.2. The molecule has 0 aromatic heterocycles. The number of rotatable bonds is 44. The first-order chi connectivity index (χ1) is 68.2. The van der Waals surface area contributed by atoms with Gasteiger partial charge in [-0.2, -0.15) is 0 Å². The Bertz CT molecular complexity index is 4300. The number of hydrogen-bond acceptors (Lipinski definition) is 15. The van der Waals surface area contributed by atoms with Crippen molar-refractivity contribution in [1.29, 1.82) is 0 Å². The van der Waals surface area contributed by atoms with Gasteiger partial charge in [-0.3, -0.25) is 0 Å². The molecule has 780 valence electrons. The summed E-state index contributed by atoms with van der Waals surface area (Å²) < 4.78 is 5.18. The van der Waals surface area contributed by atoms with Crippen LogP contribution in [-0.2, 0) is 43.3 Å². The third kappa shape index (κ3) is 40.9. The van der Waals surface area contributed by atoms with Crippen LogP contribution in [0.5, 0.6) is 0 Å². The predicted molar refractivity (Wildman–Crippen MR) is 572 cm³/mol. The molecule has 6 aromatic rings. The number of hydrogen-bond donors (Lipinski definition) is 13. The molecule has 141 heavy (non-hydrogen) atoms. The largest absolute Gasteiger partial charge is 0.444 e. The van der Waals surface area contributed by atoms with Crippen LogP contribution >= 0.6 is 0 Å². The molecule has 0 saturated carbocycles. The fourth-order valence-electron chi connectivity index (χ4n) is 20.5. The van der Waals surface area contributed by atoms with Crippen LogP contribution in [0.15, 0.2) is 182 Å². The third-order valence-corrected chi connectivity index (χ3v) is 31.2. The summed E-state index contributed by atoms with van der Waals surface area (Å²) in [5.41, 5.74) is 45.5.